The standard InChI is InChI=1S/C21H23N5O2/c1-15(21-24-23-19-9-5-6-10-26(19)21)22-20(27)13-16-14-25(11-12-28-2)18-8-4-3-7-17(16)18/h3-10,14-15H,11-13H2,1-2H3,(H,22,27)/t15-/m1/s1. The predicted octanol–water partition coefficient (Wildman–Crippen LogP) is 2.75. The van der Waals surface area contributed by atoms with Gasteiger partial charge in [0.25, 0.3) is 0 Å². The number of methoxy groups -OCH3 is 1. The average molecular weight is 377 g/mol. The van der Waals surface area contributed by atoms with Crippen LogP contribution in [0.3, 0.4) is 0 Å². The zero-order valence-corrected chi connectivity index (χ0v) is 16.0. The Labute approximate surface area is 162 Å². The summed E-state index contributed by atoms with van der Waals surface area (Å²) in [7, 11) is 1.69. The van der Waals surface area contributed by atoms with Gasteiger partial charge in [-0.25, -0.2) is 0 Å². The maximum atomic E-state index is 12.7. The van der Waals surface area contributed by atoms with Crippen molar-refractivity contribution < 1.29 is 9.53 Å². The molecule has 0 aliphatic carbocycles. The van der Waals surface area contributed by atoms with E-state index >= 15 is 0 Å². The minimum atomic E-state index is -0.244. The highest BCUT2D eigenvalue weighted by Crippen LogP contribution is 2.22. The fourth-order valence-corrected chi connectivity index (χ4v) is 3.52. The van der Waals surface area contributed by atoms with Crippen molar-refractivity contribution in [1.29, 1.82) is 0 Å². The number of nitrogens with zero attached hydrogens (tertiary/aromatic N) is 4. The van der Waals surface area contributed by atoms with Crippen molar-refractivity contribution in [2.24, 2.45) is 0 Å². The van der Waals surface area contributed by atoms with Crippen LogP contribution in [-0.2, 0) is 22.5 Å². The van der Waals surface area contributed by atoms with Gasteiger partial charge in [-0.2, -0.15) is 0 Å². The van der Waals surface area contributed by atoms with Crippen LogP contribution in [0.4, 0.5) is 0 Å². The lowest BCUT2D eigenvalue weighted by molar-refractivity contribution is -0.121. The van der Waals surface area contributed by atoms with Crippen molar-refractivity contribution in [3.63, 3.8) is 0 Å². The second-order valence-corrected chi connectivity index (χ2v) is 6.81. The van der Waals surface area contributed by atoms with Gasteiger partial charge in [0.1, 0.15) is 0 Å². The molecule has 0 fully saturated rings. The lowest BCUT2D eigenvalue weighted by atomic mass is 10.1. The lowest BCUT2D eigenvalue weighted by Crippen LogP contribution is -2.29. The first-order valence-electron chi connectivity index (χ1n) is 9.32. The number of hydrogen-bond donors (Lipinski definition) is 1. The number of hydrogen-bond acceptors (Lipinski definition) is 4. The molecular formula is C21H23N5O2. The molecular weight excluding hydrogens is 354 g/mol. The molecule has 7 nitrogen and oxygen atoms in total. The molecule has 0 aliphatic rings. The third-order valence-electron chi connectivity index (χ3n) is 4.86. The average Bonchev–Trinajstić information content (AvgIpc) is 3.28. The van der Waals surface area contributed by atoms with Crippen LogP contribution in [0.15, 0.2) is 54.9 Å². The Kier molecular flexibility index (Phi) is 5.08. The Morgan fingerprint density at radius 1 is 1.18 bits per heavy atom. The lowest BCUT2D eigenvalue weighted by Gasteiger charge is -2.12. The Bertz CT molecular complexity index is 1110. The number of rotatable bonds is 7. The second-order valence-electron chi connectivity index (χ2n) is 6.81. The maximum Gasteiger partial charge on any atom is 0.225 e. The molecule has 28 heavy (non-hydrogen) atoms. The van der Waals surface area contributed by atoms with Crippen LogP contribution in [0.25, 0.3) is 16.6 Å². The summed E-state index contributed by atoms with van der Waals surface area (Å²) in [6, 6.07) is 13.6. The minimum absolute atomic E-state index is 0.0465. The second kappa shape index (κ2) is 7.82. The van der Waals surface area contributed by atoms with Gasteiger partial charge in [0.2, 0.25) is 5.91 Å². The first-order chi connectivity index (χ1) is 13.7. The highest BCUT2D eigenvalue weighted by molar-refractivity contribution is 5.89. The number of nitrogens with one attached hydrogen (secondary N) is 1. The molecule has 0 radical (unpaired) electrons. The third kappa shape index (κ3) is 3.48. The first kappa shape index (κ1) is 18.2. The number of benzene rings is 1. The highest BCUT2D eigenvalue weighted by Gasteiger charge is 2.17. The largest absolute Gasteiger partial charge is 0.383 e. The summed E-state index contributed by atoms with van der Waals surface area (Å²) in [4.78, 5) is 12.7. The SMILES string of the molecule is COCCn1cc(CC(=O)N[C@H](C)c2nnc3ccccn23)c2ccccc21. The van der Waals surface area contributed by atoms with Crippen LogP contribution in [0.1, 0.15) is 24.4 Å². The molecule has 0 unspecified atom stereocenters. The van der Waals surface area contributed by atoms with Crippen molar-refractivity contribution in [3.8, 4) is 0 Å². The number of aromatic nitrogens is 4. The van der Waals surface area contributed by atoms with Gasteiger partial charge in [-0.05, 0) is 30.7 Å². The quantitative estimate of drug-likeness (QED) is 0.537. The summed E-state index contributed by atoms with van der Waals surface area (Å²) in [6.07, 6.45) is 4.25. The molecule has 0 bridgehead atoms. The number of para-hydroxylation sites is 1. The number of ether oxygens (including phenoxy) is 1. The summed E-state index contributed by atoms with van der Waals surface area (Å²) in [5.74, 6) is 0.668. The smallest absolute Gasteiger partial charge is 0.225 e. The Morgan fingerprint density at radius 2 is 2.00 bits per heavy atom. The summed E-state index contributed by atoms with van der Waals surface area (Å²) in [5, 5.41) is 12.5. The first-order valence-corrected chi connectivity index (χ1v) is 9.32. The fourth-order valence-electron chi connectivity index (χ4n) is 3.52. The molecule has 144 valence electrons. The summed E-state index contributed by atoms with van der Waals surface area (Å²) in [6.45, 7) is 3.30. The van der Waals surface area contributed by atoms with Crippen molar-refractivity contribution in [3.05, 3.63) is 66.2 Å². The molecule has 4 rings (SSSR count). The summed E-state index contributed by atoms with van der Waals surface area (Å²) >= 11 is 0. The Balaban J connectivity index is 1.52. The van der Waals surface area contributed by atoms with E-state index in [0.717, 1.165) is 28.7 Å². The van der Waals surface area contributed by atoms with Crippen LogP contribution in [-0.4, -0.2) is 38.8 Å². The van der Waals surface area contributed by atoms with E-state index < -0.39 is 0 Å². The van der Waals surface area contributed by atoms with E-state index in [9.17, 15) is 4.79 Å². The molecule has 1 atom stereocenters. The van der Waals surface area contributed by atoms with Crippen LogP contribution >= 0.6 is 0 Å². The molecule has 3 heterocycles. The summed E-state index contributed by atoms with van der Waals surface area (Å²) < 4.78 is 9.23. The molecule has 1 aromatic carbocycles. The summed E-state index contributed by atoms with van der Waals surface area (Å²) in [5.41, 5.74) is 2.88. The van der Waals surface area contributed by atoms with E-state index in [1.54, 1.807) is 7.11 Å². The number of fused-ring (bicyclic) bond motifs is 2. The van der Waals surface area contributed by atoms with Gasteiger partial charge >= 0.3 is 0 Å². The van der Waals surface area contributed by atoms with Crippen LogP contribution in [0, 0.1) is 0 Å². The van der Waals surface area contributed by atoms with Gasteiger partial charge in [0, 0.05) is 37.0 Å². The number of pyridine rings is 1. The molecule has 0 saturated heterocycles. The van der Waals surface area contributed by atoms with E-state index in [1.807, 2.05) is 54.0 Å². The highest BCUT2D eigenvalue weighted by atomic mass is 16.5. The van der Waals surface area contributed by atoms with Crippen molar-refractivity contribution in [2.45, 2.75) is 25.9 Å². The van der Waals surface area contributed by atoms with Gasteiger partial charge in [-0.15, -0.1) is 10.2 Å². The Morgan fingerprint density at radius 3 is 2.86 bits per heavy atom. The number of carbonyl (C=O) groups is 1. The molecule has 4 aromatic rings. The minimum Gasteiger partial charge on any atom is -0.383 e. The van der Waals surface area contributed by atoms with Gasteiger partial charge in [-0.1, -0.05) is 24.3 Å². The van der Waals surface area contributed by atoms with Crippen LogP contribution in [0.5, 0.6) is 0 Å². The van der Waals surface area contributed by atoms with E-state index in [1.165, 1.54) is 0 Å². The molecule has 0 spiro atoms. The predicted molar refractivity (Wildman–Crippen MR) is 107 cm³/mol. The molecule has 1 amide bonds. The molecule has 3 aromatic heterocycles. The monoisotopic (exact) mass is 377 g/mol. The van der Waals surface area contributed by atoms with E-state index in [2.05, 4.69) is 32.2 Å². The van der Waals surface area contributed by atoms with Gasteiger partial charge in [0.15, 0.2) is 11.5 Å². The van der Waals surface area contributed by atoms with Crippen molar-refractivity contribution in [2.75, 3.05) is 13.7 Å². The van der Waals surface area contributed by atoms with Crippen LogP contribution in [0.2, 0.25) is 0 Å². The number of carbonyl (C=O) groups excluding carboxylic acids is 1. The van der Waals surface area contributed by atoms with Crippen molar-refractivity contribution >= 4 is 22.5 Å². The van der Waals surface area contributed by atoms with Crippen molar-refractivity contribution in [1.82, 2.24) is 24.5 Å². The van der Waals surface area contributed by atoms with E-state index in [-0.39, 0.29) is 11.9 Å². The van der Waals surface area contributed by atoms with Crippen LogP contribution < -0.4 is 5.32 Å². The molecule has 1 N–H and O–H groups in total. The Hall–Kier alpha value is -3.19. The normalized spacial score (nSPS) is 12.5. The zero-order valence-electron chi connectivity index (χ0n) is 16.0. The van der Waals surface area contributed by atoms with E-state index in [4.69, 9.17) is 4.74 Å². The molecule has 7 heteroatoms. The molecule has 0 aliphatic heterocycles. The van der Waals surface area contributed by atoms with Gasteiger partial charge < -0.3 is 14.6 Å². The number of amides is 1. The fraction of sp³-hybridized carbons (Fsp3) is 0.286. The maximum absolute atomic E-state index is 12.7. The van der Waals surface area contributed by atoms with E-state index in [0.29, 0.717) is 18.9 Å². The third-order valence-corrected chi connectivity index (χ3v) is 4.86. The van der Waals surface area contributed by atoms with Gasteiger partial charge in [0.05, 0.1) is 19.1 Å². The zero-order chi connectivity index (χ0) is 19.5. The molecule has 0 saturated carbocycles. The van der Waals surface area contributed by atoms with Gasteiger partial charge in [-0.3, -0.25) is 9.20 Å². The topological polar surface area (TPSA) is 73.4 Å².